The van der Waals surface area contributed by atoms with Crippen LogP contribution in [0.15, 0.2) is 36.4 Å². The first-order chi connectivity index (χ1) is 9.43. The molecule has 0 saturated heterocycles. The third-order valence-corrected chi connectivity index (χ3v) is 3.38. The Hall–Kier alpha value is -2.56. The van der Waals surface area contributed by atoms with Gasteiger partial charge < -0.3 is 0 Å². The van der Waals surface area contributed by atoms with Crippen molar-refractivity contribution in [3.63, 3.8) is 0 Å². The molecule has 0 aliphatic heterocycles. The Balaban J connectivity index is 2.84. The van der Waals surface area contributed by atoms with E-state index in [0.717, 1.165) is 5.56 Å². The second kappa shape index (κ2) is 5.21. The fourth-order valence-corrected chi connectivity index (χ4v) is 2.26. The number of ketones is 1. The van der Waals surface area contributed by atoms with Crippen LogP contribution < -0.4 is 4.57 Å². The van der Waals surface area contributed by atoms with Crippen molar-refractivity contribution in [2.24, 2.45) is 7.05 Å². The summed E-state index contributed by atoms with van der Waals surface area (Å²) < 4.78 is 1.70. The monoisotopic (exact) mass is 271 g/mol. The van der Waals surface area contributed by atoms with Crippen LogP contribution in [0.3, 0.4) is 0 Å². The smallest absolute Gasteiger partial charge is 0.294 e. The van der Waals surface area contributed by atoms with Crippen LogP contribution >= 0.6 is 0 Å². The van der Waals surface area contributed by atoms with Crippen molar-refractivity contribution in [1.29, 1.82) is 0 Å². The van der Waals surface area contributed by atoms with Gasteiger partial charge in [0, 0.05) is 13.0 Å². The van der Waals surface area contributed by atoms with Gasteiger partial charge in [-0.15, -0.1) is 0 Å². The Labute approximate surface area is 116 Å². The molecule has 5 heteroatoms. The summed E-state index contributed by atoms with van der Waals surface area (Å²) in [4.78, 5) is 22.5. The zero-order chi connectivity index (χ0) is 14.9. The number of benzene rings is 1. The molecular weight excluding hydrogens is 256 g/mol. The van der Waals surface area contributed by atoms with E-state index in [2.05, 4.69) is 0 Å². The van der Waals surface area contributed by atoms with Gasteiger partial charge in [0.1, 0.15) is 7.05 Å². The van der Waals surface area contributed by atoms with Crippen LogP contribution in [0.2, 0.25) is 0 Å². The fraction of sp³-hybridized carbons (Fsp3) is 0.200. The van der Waals surface area contributed by atoms with E-state index in [4.69, 9.17) is 0 Å². The lowest BCUT2D eigenvalue weighted by Gasteiger charge is -2.07. The average Bonchev–Trinajstić information content (AvgIpc) is 2.41. The predicted molar refractivity (Wildman–Crippen MR) is 74.4 cm³/mol. The lowest BCUT2D eigenvalue weighted by molar-refractivity contribution is -0.669. The van der Waals surface area contributed by atoms with Gasteiger partial charge in [-0.1, -0.05) is 18.2 Å². The average molecular weight is 271 g/mol. The zero-order valence-electron chi connectivity index (χ0n) is 11.6. The number of nitrogens with zero attached hydrogens (tertiary/aromatic N) is 2. The highest BCUT2D eigenvalue weighted by atomic mass is 16.6. The van der Waals surface area contributed by atoms with E-state index in [-0.39, 0.29) is 11.5 Å². The van der Waals surface area contributed by atoms with Crippen molar-refractivity contribution in [2.45, 2.75) is 13.8 Å². The summed E-state index contributed by atoms with van der Waals surface area (Å²) in [5, 5.41) is 11.3. The number of rotatable bonds is 3. The number of pyridine rings is 1. The normalized spacial score (nSPS) is 10.3. The van der Waals surface area contributed by atoms with Crippen LogP contribution in [0.1, 0.15) is 23.0 Å². The molecule has 102 valence electrons. The van der Waals surface area contributed by atoms with Gasteiger partial charge in [0.25, 0.3) is 5.69 Å². The van der Waals surface area contributed by atoms with E-state index in [1.54, 1.807) is 18.5 Å². The summed E-state index contributed by atoms with van der Waals surface area (Å²) >= 11 is 0. The van der Waals surface area contributed by atoms with Crippen molar-refractivity contribution in [1.82, 2.24) is 0 Å². The molecule has 1 aromatic carbocycles. The van der Waals surface area contributed by atoms with Crippen molar-refractivity contribution >= 4 is 11.5 Å². The van der Waals surface area contributed by atoms with Crippen molar-refractivity contribution in [2.75, 3.05) is 0 Å². The number of carbonyl (C=O) groups excluding carboxylic acids is 1. The Bertz CT molecular complexity index is 694. The van der Waals surface area contributed by atoms with E-state index in [1.807, 2.05) is 30.3 Å². The van der Waals surface area contributed by atoms with Crippen LogP contribution in [0.4, 0.5) is 5.69 Å². The first-order valence-electron chi connectivity index (χ1n) is 6.18. The van der Waals surface area contributed by atoms with Gasteiger partial charge in [-0.3, -0.25) is 14.9 Å². The van der Waals surface area contributed by atoms with E-state index in [0.29, 0.717) is 17.0 Å². The quantitative estimate of drug-likeness (QED) is 0.373. The molecule has 0 spiro atoms. The van der Waals surface area contributed by atoms with Crippen molar-refractivity contribution in [3.8, 4) is 11.3 Å². The number of aromatic nitrogens is 1. The molecule has 0 bridgehead atoms. The number of hydrogen-bond acceptors (Lipinski definition) is 3. The van der Waals surface area contributed by atoms with Crippen LogP contribution in [0, 0.1) is 17.0 Å². The summed E-state index contributed by atoms with van der Waals surface area (Å²) in [7, 11) is 1.73. The van der Waals surface area contributed by atoms with Crippen LogP contribution in [-0.4, -0.2) is 10.7 Å². The largest absolute Gasteiger partial charge is 0.341 e. The topological polar surface area (TPSA) is 64.1 Å². The van der Waals surface area contributed by atoms with Gasteiger partial charge in [0.2, 0.25) is 0 Å². The first-order valence-corrected chi connectivity index (χ1v) is 6.18. The molecule has 2 rings (SSSR count). The van der Waals surface area contributed by atoms with Crippen LogP contribution in [-0.2, 0) is 7.05 Å². The summed E-state index contributed by atoms with van der Waals surface area (Å²) in [6.07, 6.45) is 0. The maximum absolute atomic E-state index is 11.6. The van der Waals surface area contributed by atoms with Crippen LogP contribution in [0.25, 0.3) is 11.3 Å². The molecule has 0 amide bonds. The molecule has 0 unspecified atom stereocenters. The first kappa shape index (κ1) is 13.9. The molecule has 0 aliphatic carbocycles. The lowest BCUT2D eigenvalue weighted by atomic mass is 10.0. The Morgan fingerprint density at radius 2 is 1.85 bits per heavy atom. The molecule has 0 saturated carbocycles. The molecule has 1 aromatic heterocycles. The number of carbonyl (C=O) groups is 1. The Morgan fingerprint density at radius 1 is 1.25 bits per heavy atom. The maximum Gasteiger partial charge on any atom is 0.341 e. The minimum Gasteiger partial charge on any atom is -0.294 e. The summed E-state index contributed by atoms with van der Waals surface area (Å²) in [6, 6.07) is 10.5. The SMILES string of the molecule is CC(=O)c1cc([N+](=O)[O-])c(-c2ccccc2)[n+](C)c1C. The third-order valence-electron chi connectivity index (χ3n) is 3.38. The molecular formula is C15H15N2O3+. The van der Waals surface area contributed by atoms with Gasteiger partial charge in [-0.05, 0) is 19.1 Å². The molecule has 2 aromatic rings. The molecule has 0 fully saturated rings. The van der Waals surface area contributed by atoms with Gasteiger partial charge >= 0.3 is 5.69 Å². The fourth-order valence-electron chi connectivity index (χ4n) is 2.26. The predicted octanol–water partition coefficient (Wildman–Crippen LogP) is 2.60. The minimum absolute atomic E-state index is 0.0606. The Kier molecular flexibility index (Phi) is 3.61. The van der Waals surface area contributed by atoms with Gasteiger partial charge in [0.15, 0.2) is 11.5 Å². The van der Waals surface area contributed by atoms with Crippen molar-refractivity contribution < 1.29 is 14.3 Å². The number of Topliss-reactive ketones (excluding diaryl/α,β-unsaturated/α-hetero) is 1. The second-order valence-electron chi connectivity index (χ2n) is 4.62. The molecule has 5 nitrogen and oxygen atoms in total. The Morgan fingerprint density at radius 3 is 2.35 bits per heavy atom. The van der Waals surface area contributed by atoms with Crippen LogP contribution in [0.5, 0.6) is 0 Å². The molecule has 20 heavy (non-hydrogen) atoms. The van der Waals surface area contributed by atoms with E-state index >= 15 is 0 Å². The lowest BCUT2D eigenvalue weighted by Crippen LogP contribution is -2.37. The summed E-state index contributed by atoms with van der Waals surface area (Å²) in [5.41, 5.74) is 2.27. The molecule has 0 N–H and O–H groups in total. The van der Waals surface area contributed by atoms with E-state index in [1.165, 1.54) is 13.0 Å². The second-order valence-corrected chi connectivity index (χ2v) is 4.62. The van der Waals surface area contributed by atoms with E-state index in [9.17, 15) is 14.9 Å². The maximum atomic E-state index is 11.6. The summed E-state index contributed by atoms with van der Waals surface area (Å²) in [5.74, 6) is -0.180. The van der Waals surface area contributed by atoms with Crippen molar-refractivity contribution in [3.05, 3.63) is 57.8 Å². The third kappa shape index (κ3) is 2.30. The highest BCUT2D eigenvalue weighted by Gasteiger charge is 2.30. The molecule has 0 radical (unpaired) electrons. The standard InChI is InChI=1S/C15H15N2O3/c1-10-13(11(2)18)9-14(17(19)20)15(16(10)3)12-7-5-4-6-8-12/h4-9H,1-3H3/q+1. The number of hydrogen-bond donors (Lipinski definition) is 0. The van der Waals surface area contributed by atoms with Gasteiger partial charge in [-0.2, -0.15) is 4.57 Å². The molecule has 0 aliphatic rings. The van der Waals surface area contributed by atoms with E-state index < -0.39 is 4.92 Å². The van der Waals surface area contributed by atoms with Gasteiger partial charge in [0.05, 0.1) is 16.1 Å². The van der Waals surface area contributed by atoms with Gasteiger partial charge in [-0.25, -0.2) is 0 Å². The highest BCUT2D eigenvalue weighted by Crippen LogP contribution is 2.28. The number of nitro groups is 1. The summed E-state index contributed by atoms with van der Waals surface area (Å²) in [6.45, 7) is 3.20. The zero-order valence-corrected chi connectivity index (χ0v) is 11.6. The molecule has 0 atom stereocenters. The highest BCUT2D eigenvalue weighted by molar-refractivity contribution is 5.95. The minimum atomic E-state index is -0.450. The molecule has 1 heterocycles.